The second-order valence-corrected chi connectivity index (χ2v) is 3.30. The number of aromatic nitrogens is 2. The van der Waals surface area contributed by atoms with Crippen molar-refractivity contribution in [1.29, 1.82) is 5.26 Å². The molecule has 0 fully saturated rings. The molecule has 14 heavy (non-hydrogen) atoms. The van der Waals surface area contributed by atoms with Crippen LogP contribution < -0.4 is 0 Å². The summed E-state index contributed by atoms with van der Waals surface area (Å²) in [5.74, 6) is 0. The molecule has 0 saturated heterocycles. The molecule has 0 saturated carbocycles. The summed E-state index contributed by atoms with van der Waals surface area (Å²) in [6.07, 6.45) is 5.21. The van der Waals surface area contributed by atoms with Crippen molar-refractivity contribution in [2.45, 2.75) is 12.8 Å². The predicted octanol–water partition coefficient (Wildman–Crippen LogP) is 2.03. The van der Waals surface area contributed by atoms with Crippen LogP contribution in [0.5, 0.6) is 0 Å². The SMILES string of the molecule is Cn1cc(CCC#N)c2cccnc21. The second kappa shape index (κ2) is 3.51. The van der Waals surface area contributed by atoms with E-state index in [0.29, 0.717) is 6.42 Å². The van der Waals surface area contributed by atoms with Crippen LogP contribution in [0.15, 0.2) is 24.5 Å². The minimum atomic E-state index is 0.563. The maximum Gasteiger partial charge on any atom is 0.139 e. The molecular formula is C11H11N3. The number of pyridine rings is 1. The van der Waals surface area contributed by atoms with Gasteiger partial charge in [0.25, 0.3) is 0 Å². The van der Waals surface area contributed by atoms with Crippen molar-refractivity contribution >= 4 is 11.0 Å². The van der Waals surface area contributed by atoms with Gasteiger partial charge in [0.15, 0.2) is 0 Å². The Morgan fingerprint density at radius 2 is 2.43 bits per heavy atom. The lowest BCUT2D eigenvalue weighted by Crippen LogP contribution is -1.85. The molecule has 0 spiro atoms. The third-order valence-corrected chi connectivity index (χ3v) is 2.32. The maximum absolute atomic E-state index is 8.53. The normalized spacial score (nSPS) is 10.3. The van der Waals surface area contributed by atoms with Crippen molar-refractivity contribution in [2.75, 3.05) is 0 Å². The van der Waals surface area contributed by atoms with Gasteiger partial charge in [0.05, 0.1) is 6.07 Å². The molecule has 3 nitrogen and oxygen atoms in total. The summed E-state index contributed by atoms with van der Waals surface area (Å²) in [7, 11) is 1.98. The number of fused-ring (bicyclic) bond motifs is 1. The molecular weight excluding hydrogens is 174 g/mol. The Morgan fingerprint density at radius 1 is 1.57 bits per heavy atom. The third-order valence-electron chi connectivity index (χ3n) is 2.32. The minimum absolute atomic E-state index is 0.563. The second-order valence-electron chi connectivity index (χ2n) is 3.30. The first-order valence-corrected chi connectivity index (χ1v) is 4.59. The topological polar surface area (TPSA) is 41.6 Å². The fourth-order valence-corrected chi connectivity index (χ4v) is 1.68. The van der Waals surface area contributed by atoms with Crippen molar-refractivity contribution in [2.24, 2.45) is 7.05 Å². The number of nitrogens with zero attached hydrogens (tertiary/aromatic N) is 3. The molecule has 2 aromatic rings. The van der Waals surface area contributed by atoms with Crippen molar-refractivity contribution in [1.82, 2.24) is 9.55 Å². The lowest BCUT2D eigenvalue weighted by molar-refractivity contribution is 0.927. The molecule has 0 unspecified atom stereocenters. The highest BCUT2D eigenvalue weighted by Crippen LogP contribution is 2.19. The summed E-state index contributed by atoms with van der Waals surface area (Å²) in [4.78, 5) is 4.29. The van der Waals surface area contributed by atoms with Gasteiger partial charge in [-0.15, -0.1) is 0 Å². The van der Waals surface area contributed by atoms with Gasteiger partial charge in [-0.1, -0.05) is 0 Å². The van der Waals surface area contributed by atoms with E-state index in [1.807, 2.05) is 17.7 Å². The Balaban J connectivity index is 2.51. The number of hydrogen-bond donors (Lipinski definition) is 0. The van der Waals surface area contributed by atoms with Gasteiger partial charge < -0.3 is 4.57 Å². The minimum Gasteiger partial charge on any atom is -0.335 e. The molecule has 0 amide bonds. The summed E-state index contributed by atoms with van der Waals surface area (Å²) in [6, 6.07) is 6.14. The Morgan fingerprint density at radius 3 is 3.21 bits per heavy atom. The fourth-order valence-electron chi connectivity index (χ4n) is 1.68. The summed E-state index contributed by atoms with van der Waals surface area (Å²) in [6.45, 7) is 0. The molecule has 0 N–H and O–H groups in total. The lowest BCUT2D eigenvalue weighted by Gasteiger charge is -1.92. The van der Waals surface area contributed by atoms with Crippen LogP contribution in [0.25, 0.3) is 11.0 Å². The molecule has 2 heterocycles. The van der Waals surface area contributed by atoms with E-state index in [1.165, 1.54) is 5.56 Å². The third kappa shape index (κ3) is 1.35. The van der Waals surface area contributed by atoms with Crippen LogP contribution in [-0.2, 0) is 13.5 Å². The molecule has 0 aromatic carbocycles. The van der Waals surface area contributed by atoms with Gasteiger partial charge in [-0.3, -0.25) is 0 Å². The van der Waals surface area contributed by atoms with Crippen LogP contribution in [0, 0.1) is 11.3 Å². The number of nitriles is 1. The molecule has 0 radical (unpaired) electrons. The van der Waals surface area contributed by atoms with E-state index in [2.05, 4.69) is 23.3 Å². The molecule has 2 aromatic heterocycles. The zero-order valence-corrected chi connectivity index (χ0v) is 8.07. The van der Waals surface area contributed by atoms with Gasteiger partial charge >= 0.3 is 0 Å². The first kappa shape index (κ1) is 8.76. The quantitative estimate of drug-likeness (QED) is 0.718. The number of aryl methyl sites for hydroxylation is 2. The van der Waals surface area contributed by atoms with Gasteiger partial charge in [0.1, 0.15) is 5.65 Å². The summed E-state index contributed by atoms with van der Waals surface area (Å²) >= 11 is 0. The van der Waals surface area contributed by atoms with Crippen molar-refractivity contribution in [3.63, 3.8) is 0 Å². The van der Waals surface area contributed by atoms with Crippen LogP contribution in [-0.4, -0.2) is 9.55 Å². The summed E-state index contributed by atoms with van der Waals surface area (Å²) in [5.41, 5.74) is 2.19. The summed E-state index contributed by atoms with van der Waals surface area (Å²) < 4.78 is 2.00. The Bertz CT molecular complexity index is 491. The van der Waals surface area contributed by atoms with E-state index in [4.69, 9.17) is 5.26 Å². The largest absolute Gasteiger partial charge is 0.335 e. The van der Waals surface area contributed by atoms with Crippen molar-refractivity contribution in [3.05, 3.63) is 30.1 Å². The zero-order chi connectivity index (χ0) is 9.97. The van der Waals surface area contributed by atoms with Crippen LogP contribution in [0.1, 0.15) is 12.0 Å². The van der Waals surface area contributed by atoms with Crippen molar-refractivity contribution < 1.29 is 0 Å². The van der Waals surface area contributed by atoms with Gasteiger partial charge in [-0.2, -0.15) is 5.26 Å². The highest BCUT2D eigenvalue weighted by atomic mass is 15.0. The standard InChI is InChI=1S/C11H11N3/c1-14-8-9(4-2-6-12)10-5-3-7-13-11(10)14/h3,5,7-8H,2,4H2,1H3. The summed E-state index contributed by atoms with van der Waals surface area (Å²) in [5, 5.41) is 9.69. The maximum atomic E-state index is 8.53. The van der Waals surface area contributed by atoms with Crippen molar-refractivity contribution in [3.8, 4) is 6.07 Å². The van der Waals surface area contributed by atoms with E-state index < -0.39 is 0 Å². The van der Waals surface area contributed by atoms with Gasteiger partial charge in [0.2, 0.25) is 0 Å². The Kier molecular flexibility index (Phi) is 2.19. The van der Waals surface area contributed by atoms with Crippen LogP contribution in [0.2, 0.25) is 0 Å². The molecule has 0 aliphatic heterocycles. The Labute approximate surface area is 82.6 Å². The number of hydrogen-bond acceptors (Lipinski definition) is 2. The predicted molar refractivity (Wildman–Crippen MR) is 54.6 cm³/mol. The molecule has 0 aliphatic rings. The molecule has 0 bridgehead atoms. The van der Waals surface area contributed by atoms with Gasteiger partial charge in [0, 0.05) is 31.2 Å². The van der Waals surface area contributed by atoms with Gasteiger partial charge in [-0.25, -0.2) is 4.98 Å². The van der Waals surface area contributed by atoms with E-state index in [1.54, 1.807) is 6.20 Å². The van der Waals surface area contributed by atoms with E-state index in [-0.39, 0.29) is 0 Å². The highest BCUT2D eigenvalue weighted by Gasteiger charge is 2.05. The number of rotatable bonds is 2. The van der Waals surface area contributed by atoms with E-state index in [0.717, 1.165) is 17.5 Å². The average molecular weight is 185 g/mol. The highest BCUT2D eigenvalue weighted by molar-refractivity contribution is 5.80. The first-order chi connectivity index (χ1) is 6.83. The molecule has 0 aliphatic carbocycles. The molecule has 2 rings (SSSR count). The van der Waals surface area contributed by atoms with Crippen LogP contribution >= 0.6 is 0 Å². The lowest BCUT2D eigenvalue weighted by atomic mass is 10.1. The first-order valence-electron chi connectivity index (χ1n) is 4.59. The molecule has 0 atom stereocenters. The zero-order valence-electron chi connectivity index (χ0n) is 8.07. The van der Waals surface area contributed by atoms with Crippen LogP contribution in [0.3, 0.4) is 0 Å². The van der Waals surface area contributed by atoms with E-state index in [9.17, 15) is 0 Å². The molecule has 70 valence electrons. The monoisotopic (exact) mass is 185 g/mol. The molecule has 3 heteroatoms. The smallest absolute Gasteiger partial charge is 0.139 e. The van der Waals surface area contributed by atoms with Gasteiger partial charge in [-0.05, 0) is 24.1 Å². The fraction of sp³-hybridized carbons (Fsp3) is 0.273. The van der Waals surface area contributed by atoms with E-state index >= 15 is 0 Å². The average Bonchev–Trinajstić information content (AvgIpc) is 2.54. The Hall–Kier alpha value is -1.82. The van der Waals surface area contributed by atoms with Crippen LogP contribution in [0.4, 0.5) is 0 Å².